The lowest BCUT2D eigenvalue weighted by Gasteiger charge is -2.36. The van der Waals surface area contributed by atoms with Crippen LogP contribution in [0, 0.1) is 13.8 Å². The maximum Gasteiger partial charge on any atom is 0.274 e. The number of pyridine rings is 1. The molecule has 1 aliphatic rings. The number of amides is 1. The van der Waals surface area contributed by atoms with Gasteiger partial charge < -0.3 is 15.1 Å². The second-order valence-electron chi connectivity index (χ2n) is 7.20. The summed E-state index contributed by atoms with van der Waals surface area (Å²) in [6, 6.07) is 13.7. The van der Waals surface area contributed by atoms with Crippen LogP contribution in [0.5, 0.6) is 0 Å². The van der Waals surface area contributed by atoms with E-state index in [1.165, 1.54) is 6.33 Å². The Hall–Kier alpha value is -3.48. The molecule has 29 heavy (non-hydrogen) atoms. The van der Waals surface area contributed by atoms with Crippen LogP contribution < -0.4 is 15.1 Å². The summed E-state index contributed by atoms with van der Waals surface area (Å²) in [5, 5.41) is 2.96. The number of anilines is 3. The quantitative estimate of drug-likeness (QED) is 0.740. The summed E-state index contributed by atoms with van der Waals surface area (Å²) in [7, 11) is 0. The van der Waals surface area contributed by atoms with E-state index in [1.807, 2.05) is 56.4 Å². The number of nitrogens with zero attached hydrogens (tertiary/aromatic N) is 5. The molecule has 3 heterocycles. The van der Waals surface area contributed by atoms with Crippen molar-refractivity contribution in [3.63, 3.8) is 0 Å². The number of rotatable bonds is 4. The first-order valence-electron chi connectivity index (χ1n) is 9.72. The fraction of sp³-hybridized carbons (Fsp3) is 0.273. The Bertz CT molecular complexity index is 999. The average molecular weight is 388 g/mol. The Morgan fingerprint density at radius 1 is 0.897 bits per heavy atom. The standard InChI is InChI=1S/C22H24N6O/c1-16-6-7-17(2)18(13-16)26-22(29)19-14-21(25-15-24-19)28-11-9-27(10-12-28)20-5-3-4-8-23-20/h3-8,13-15H,9-12H2,1-2H3,(H,26,29). The lowest BCUT2D eigenvalue weighted by Crippen LogP contribution is -2.47. The van der Waals surface area contributed by atoms with E-state index in [9.17, 15) is 4.79 Å². The Labute approximate surface area is 170 Å². The Morgan fingerprint density at radius 2 is 1.66 bits per heavy atom. The van der Waals surface area contributed by atoms with Gasteiger partial charge in [0.25, 0.3) is 5.91 Å². The third-order valence-electron chi connectivity index (χ3n) is 5.10. The summed E-state index contributed by atoms with van der Waals surface area (Å²) >= 11 is 0. The molecule has 1 N–H and O–H groups in total. The molecule has 1 saturated heterocycles. The summed E-state index contributed by atoms with van der Waals surface area (Å²) in [5.74, 6) is 1.53. The number of carbonyl (C=O) groups excluding carboxylic acids is 1. The van der Waals surface area contributed by atoms with Crippen molar-refractivity contribution in [2.24, 2.45) is 0 Å². The van der Waals surface area contributed by atoms with Crippen molar-refractivity contribution in [1.82, 2.24) is 15.0 Å². The van der Waals surface area contributed by atoms with Gasteiger partial charge in [0.2, 0.25) is 0 Å². The summed E-state index contributed by atoms with van der Waals surface area (Å²) in [5.41, 5.74) is 3.28. The van der Waals surface area contributed by atoms with Gasteiger partial charge in [-0.2, -0.15) is 0 Å². The van der Waals surface area contributed by atoms with Crippen molar-refractivity contribution in [3.05, 3.63) is 71.8 Å². The molecule has 0 atom stereocenters. The van der Waals surface area contributed by atoms with Crippen molar-refractivity contribution in [2.45, 2.75) is 13.8 Å². The van der Waals surface area contributed by atoms with E-state index in [1.54, 1.807) is 6.07 Å². The number of aromatic nitrogens is 3. The molecule has 0 radical (unpaired) electrons. The van der Waals surface area contributed by atoms with Crippen LogP contribution in [0.3, 0.4) is 0 Å². The van der Waals surface area contributed by atoms with Gasteiger partial charge in [-0.05, 0) is 43.2 Å². The second-order valence-corrected chi connectivity index (χ2v) is 7.20. The topological polar surface area (TPSA) is 74.2 Å². The lowest BCUT2D eigenvalue weighted by molar-refractivity contribution is 0.102. The molecule has 2 aromatic heterocycles. The minimum Gasteiger partial charge on any atom is -0.353 e. The smallest absolute Gasteiger partial charge is 0.274 e. The van der Waals surface area contributed by atoms with Gasteiger partial charge in [0.15, 0.2) is 0 Å². The van der Waals surface area contributed by atoms with E-state index in [-0.39, 0.29) is 5.91 Å². The summed E-state index contributed by atoms with van der Waals surface area (Å²) in [4.78, 5) is 30.1. The van der Waals surface area contributed by atoms with E-state index < -0.39 is 0 Å². The summed E-state index contributed by atoms with van der Waals surface area (Å²) in [6.07, 6.45) is 3.27. The first-order valence-corrected chi connectivity index (χ1v) is 9.72. The molecule has 1 aromatic carbocycles. The van der Waals surface area contributed by atoms with Crippen LogP contribution >= 0.6 is 0 Å². The third-order valence-corrected chi connectivity index (χ3v) is 5.10. The highest BCUT2D eigenvalue weighted by Gasteiger charge is 2.20. The van der Waals surface area contributed by atoms with E-state index in [0.29, 0.717) is 5.69 Å². The second kappa shape index (κ2) is 8.26. The molecule has 0 spiro atoms. The van der Waals surface area contributed by atoms with E-state index >= 15 is 0 Å². The van der Waals surface area contributed by atoms with Gasteiger partial charge in [-0.15, -0.1) is 0 Å². The van der Waals surface area contributed by atoms with Crippen LogP contribution in [0.2, 0.25) is 0 Å². The Morgan fingerprint density at radius 3 is 2.38 bits per heavy atom. The van der Waals surface area contributed by atoms with Crippen molar-refractivity contribution < 1.29 is 4.79 Å². The van der Waals surface area contributed by atoms with Crippen molar-refractivity contribution in [2.75, 3.05) is 41.3 Å². The zero-order valence-corrected chi connectivity index (χ0v) is 16.7. The predicted molar refractivity (Wildman–Crippen MR) is 115 cm³/mol. The van der Waals surface area contributed by atoms with Crippen LogP contribution in [0.25, 0.3) is 0 Å². The molecule has 148 valence electrons. The van der Waals surface area contributed by atoms with Gasteiger partial charge >= 0.3 is 0 Å². The Kier molecular flexibility index (Phi) is 5.37. The van der Waals surface area contributed by atoms with Gasteiger partial charge in [-0.1, -0.05) is 18.2 Å². The highest BCUT2D eigenvalue weighted by atomic mass is 16.1. The van der Waals surface area contributed by atoms with Crippen molar-refractivity contribution in [1.29, 1.82) is 0 Å². The average Bonchev–Trinajstić information content (AvgIpc) is 2.77. The first kappa shape index (κ1) is 18.9. The molecule has 0 aliphatic carbocycles. The fourth-order valence-electron chi connectivity index (χ4n) is 3.41. The molecule has 7 heteroatoms. The van der Waals surface area contributed by atoms with Crippen LogP contribution in [0.1, 0.15) is 21.6 Å². The maximum absolute atomic E-state index is 12.7. The number of benzene rings is 1. The third kappa shape index (κ3) is 4.34. The summed E-state index contributed by atoms with van der Waals surface area (Å²) < 4.78 is 0. The highest BCUT2D eigenvalue weighted by Crippen LogP contribution is 2.20. The van der Waals surface area contributed by atoms with Gasteiger partial charge in [0, 0.05) is 44.1 Å². The largest absolute Gasteiger partial charge is 0.353 e. The highest BCUT2D eigenvalue weighted by molar-refractivity contribution is 6.03. The van der Waals surface area contributed by atoms with Crippen LogP contribution in [-0.2, 0) is 0 Å². The fourth-order valence-corrected chi connectivity index (χ4v) is 3.41. The molecular weight excluding hydrogens is 364 g/mol. The van der Waals surface area contributed by atoms with Crippen LogP contribution in [-0.4, -0.2) is 47.0 Å². The number of hydrogen-bond acceptors (Lipinski definition) is 6. The van der Waals surface area contributed by atoms with Crippen molar-refractivity contribution in [3.8, 4) is 0 Å². The van der Waals surface area contributed by atoms with E-state index in [0.717, 1.165) is 54.6 Å². The molecule has 0 saturated carbocycles. The lowest BCUT2D eigenvalue weighted by atomic mass is 10.1. The molecule has 0 bridgehead atoms. The molecule has 0 unspecified atom stereocenters. The SMILES string of the molecule is Cc1ccc(C)c(NC(=O)c2cc(N3CCN(c4ccccn4)CC3)ncn2)c1. The molecule has 4 rings (SSSR count). The molecule has 7 nitrogen and oxygen atoms in total. The monoisotopic (exact) mass is 388 g/mol. The zero-order valence-electron chi connectivity index (χ0n) is 16.7. The van der Waals surface area contributed by atoms with Gasteiger partial charge in [-0.25, -0.2) is 15.0 Å². The Balaban J connectivity index is 1.44. The number of piperazine rings is 1. The number of nitrogens with one attached hydrogen (secondary N) is 1. The van der Waals surface area contributed by atoms with Crippen LogP contribution in [0.4, 0.5) is 17.3 Å². The van der Waals surface area contributed by atoms with E-state index in [4.69, 9.17) is 0 Å². The van der Waals surface area contributed by atoms with Gasteiger partial charge in [-0.3, -0.25) is 4.79 Å². The predicted octanol–water partition coefficient (Wildman–Crippen LogP) is 3.07. The zero-order chi connectivity index (χ0) is 20.2. The minimum absolute atomic E-state index is 0.227. The summed E-state index contributed by atoms with van der Waals surface area (Å²) in [6.45, 7) is 7.30. The normalized spacial score (nSPS) is 14.0. The number of hydrogen-bond donors (Lipinski definition) is 1. The molecular formula is C22H24N6O. The first-order chi connectivity index (χ1) is 14.1. The van der Waals surface area contributed by atoms with Gasteiger partial charge in [0.05, 0.1) is 0 Å². The van der Waals surface area contributed by atoms with E-state index in [2.05, 4.69) is 30.1 Å². The maximum atomic E-state index is 12.7. The molecule has 3 aromatic rings. The molecule has 1 amide bonds. The van der Waals surface area contributed by atoms with Gasteiger partial charge in [0.1, 0.15) is 23.7 Å². The molecule has 1 aliphatic heterocycles. The number of aryl methyl sites for hydroxylation is 2. The molecule has 1 fully saturated rings. The number of carbonyl (C=O) groups is 1. The van der Waals surface area contributed by atoms with Crippen LogP contribution in [0.15, 0.2) is 55.0 Å². The minimum atomic E-state index is -0.227. The van der Waals surface area contributed by atoms with Crippen molar-refractivity contribution >= 4 is 23.2 Å².